The van der Waals surface area contributed by atoms with Gasteiger partial charge in [-0.05, 0) is 26.7 Å². The Labute approximate surface area is 126 Å². The first kappa shape index (κ1) is 15.3. The van der Waals surface area contributed by atoms with Crippen LogP contribution in [0.2, 0.25) is 0 Å². The predicted octanol–water partition coefficient (Wildman–Crippen LogP) is 2.88. The van der Waals surface area contributed by atoms with Gasteiger partial charge in [0.05, 0.1) is 10.7 Å². The summed E-state index contributed by atoms with van der Waals surface area (Å²) in [5.41, 5.74) is 1.16. The molecule has 4 nitrogen and oxygen atoms in total. The van der Waals surface area contributed by atoms with E-state index in [1.54, 1.807) is 11.3 Å². The molecule has 1 heterocycles. The molecule has 1 aromatic rings. The van der Waals surface area contributed by atoms with Crippen LogP contribution in [0.1, 0.15) is 49.7 Å². The highest BCUT2D eigenvalue weighted by Gasteiger charge is 2.14. The summed E-state index contributed by atoms with van der Waals surface area (Å²) in [6.45, 7) is 5.87. The first-order chi connectivity index (χ1) is 9.78. The Bertz CT molecular complexity index is 421. The fraction of sp³-hybridized carbons (Fsp3) is 0.733. The highest BCUT2D eigenvalue weighted by Crippen LogP contribution is 2.17. The summed E-state index contributed by atoms with van der Waals surface area (Å²) in [6.07, 6.45) is 7.54. The number of nitrogens with one attached hydrogen (secondary N) is 2. The maximum absolute atomic E-state index is 4.67. The topological polar surface area (TPSA) is 49.3 Å². The fourth-order valence-corrected chi connectivity index (χ4v) is 3.21. The van der Waals surface area contributed by atoms with E-state index in [-0.39, 0.29) is 0 Å². The van der Waals surface area contributed by atoms with Gasteiger partial charge in [-0.1, -0.05) is 19.3 Å². The average Bonchev–Trinajstić information content (AvgIpc) is 2.86. The molecule has 20 heavy (non-hydrogen) atoms. The fourth-order valence-electron chi connectivity index (χ4n) is 2.57. The molecule has 2 rings (SSSR count). The van der Waals surface area contributed by atoms with E-state index in [2.05, 4.69) is 32.9 Å². The van der Waals surface area contributed by atoms with E-state index >= 15 is 0 Å². The molecule has 0 aromatic carbocycles. The number of hydrogen-bond donors (Lipinski definition) is 2. The van der Waals surface area contributed by atoms with Gasteiger partial charge in [-0.15, -0.1) is 11.3 Å². The van der Waals surface area contributed by atoms with Crippen LogP contribution >= 0.6 is 11.3 Å². The zero-order valence-corrected chi connectivity index (χ0v) is 13.4. The maximum atomic E-state index is 4.67. The number of aliphatic imine (C=N–C) groups is 1. The minimum atomic E-state index is 0.600. The number of hydrogen-bond acceptors (Lipinski definition) is 3. The second-order valence-corrected chi connectivity index (χ2v) is 6.41. The van der Waals surface area contributed by atoms with E-state index in [0.29, 0.717) is 6.04 Å². The van der Waals surface area contributed by atoms with Gasteiger partial charge < -0.3 is 10.6 Å². The van der Waals surface area contributed by atoms with Gasteiger partial charge in [0.2, 0.25) is 0 Å². The largest absolute Gasteiger partial charge is 0.357 e. The maximum Gasteiger partial charge on any atom is 0.191 e. The third kappa shape index (κ3) is 5.12. The highest BCUT2D eigenvalue weighted by molar-refractivity contribution is 7.09. The lowest BCUT2D eigenvalue weighted by Crippen LogP contribution is -2.44. The van der Waals surface area contributed by atoms with Crippen LogP contribution in [0.15, 0.2) is 10.4 Å². The Morgan fingerprint density at radius 1 is 1.40 bits per heavy atom. The number of aromatic nitrogens is 1. The molecule has 5 heteroatoms. The Morgan fingerprint density at radius 3 is 2.85 bits per heavy atom. The molecule has 1 fully saturated rings. The molecule has 1 aromatic heterocycles. The Balaban J connectivity index is 1.81. The summed E-state index contributed by atoms with van der Waals surface area (Å²) in [4.78, 5) is 9.15. The third-order valence-electron chi connectivity index (χ3n) is 3.59. The number of aryl methyl sites for hydroxylation is 1. The number of guanidine groups is 1. The van der Waals surface area contributed by atoms with E-state index in [1.807, 2.05) is 6.92 Å². The molecule has 1 aliphatic carbocycles. The van der Waals surface area contributed by atoms with Crippen molar-refractivity contribution in [2.45, 2.75) is 58.4 Å². The molecule has 0 atom stereocenters. The van der Waals surface area contributed by atoms with Crippen molar-refractivity contribution < 1.29 is 0 Å². The van der Waals surface area contributed by atoms with Crippen LogP contribution in [0.4, 0.5) is 0 Å². The monoisotopic (exact) mass is 294 g/mol. The van der Waals surface area contributed by atoms with Crippen molar-refractivity contribution in [3.8, 4) is 0 Å². The van der Waals surface area contributed by atoms with Crippen molar-refractivity contribution in [1.82, 2.24) is 15.6 Å². The molecular weight excluding hydrogens is 268 g/mol. The summed E-state index contributed by atoms with van der Waals surface area (Å²) in [6, 6.07) is 0.600. The van der Waals surface area contributed by atoms with Gasteiger partial charge in [0.25, 0.3) is 0 Å². The van der Waals surface area contributed by atoms with E-state index in [1.165, 1.54) is 32.1 Å². The van der Waals surface area contributed by atoms with Crippen molar-refractivity contribution in [3.05, 3.63) is 16.1 Å². The van der Waals surface area contributed by atoms with E-state index in [0.717, 1.165) is 36.2 Å². The van der Waals surface area contributed by atoms with Gasteiger partial charge in [0.15, 0.2) is 5.96 Å². The second-order valence-electron chi connectivity index (χ2n) is 5.35. The lowest BCUT2D eigenvalue weighted by molar-refractivity contribution is 0.410. The summed E-state index contributed by atoms with van der Waals surface area (Å²) >= 11 is 1.71. The minimum absolute atomic E-state index is 0.600. The molecule has 0 bridgehead atoms. The lowest BCUT2D eigenvalue weighted by Gasteiger charge is -2.24. The van der Waals surface area contributed by atoms with Gasteiger partial charge in [-0.25, -0.2) is 4.98 Å². The molecule has 0 spiro atoms. The van der Waals surface area contributed by atoms with Crippen molar-refractivity contribution in [3.63, 3.8) is 0 Å². The summed E-state index contributed by atoms with van der Waals surface area (Å²) in [5.74, 6) is 0.964. The standard InChI is InChI=1S/C15H26N4S/c1-3-16-15(19-13-7-5-4-6-8-13)17-10-9-14-11-20-12(2)18-14/h11,13H,3-10H2,1-2H3,(H2,16,17,19). The molecule has 0 radical (unpaired) electrons. The third-order valence-corrected chi connectivity index (χ3v) is 4.42. The molecule has 0 aliphatic heterocycles. The van der Waals surface area contributed by atoms with Gasteiger partial charge in [-0.2, -0.15) is 0 Å². The smallest absolute Gasteiger partial charge is 0.191 e. The van der Waals surface area contributed by atoms with Crippen LogP contribution in [0.3, 0.4) is 0 Å². The van der Waals surface area contributed by atoms with Crippen molar-refractivity contribution in [2.75, 3.05) is 13.1 Å². The van der Waals surface area contributed by atoms with Crippen molar-refractivity contribution in [1.29, 1.82) is 0 Å². The van der Waals surface area contributed by atoms with Crippen LogP contribution in [0.25, 0.3) is 0 Å². The van der Waals surface area contributed by atoms with Crippen molar-refractivity contribution >= 4 is 17.3 Å². The number of nitrogens with zero attached hydrogens (tertiary/aromatic N) is 2. The Kier molecular flexibility index (Phi) is 6.30. The molecule has 0 amide bonds. The zero-order chi connectivity index (χ0) is 14.2. The van der Waals surface area contributed by atoms with Crippen LogP contribution in [0.5, 0.6) is 0 Å². The molecule has 112 valence electrons. The average molecular weight is 294 g/mol. The summed E-state index contributed by atoms with van der Waals surface area (Å²) in [5, 5.41) is 10.2. The first-order valence-electron chi connectivity index (χ1n) is 7.73. The molecule has 0 saturated heterocycles. The van der Waals surface area contributed by atoms with Crippen LogP contribution in [-0.2, 0) is 6.42 Å². The molecule has 0 unspecified atom stereocenters. The summed E-state index contributed by atoms with van der Waals surface area (Å²) < 4.78 is 0. The normalized spacial score (nSPS) is 17.2. The molecular formula is C15H26N4S. The van der Waals surface area contributed by atoms with Gasteiger partial charge in [0, 0.05) is 30.9 Å². The van der Waals surface area contributed by atoms with Crippen LogP contribution < -0.4 is 10.6 Å². The SMILES string of the molecule is CCNC(=NCCc1csc(C)n1)NC1CCCCC1. The van der Waals surface area contributed by atoms with E-state index < -0.39 is 0 Å². The number of rotatable bonds is 5. The molecule has 1 aliphatic rings. The van der Waals surface area contributed by atoms with E-state index in [4.69, 9.17) is 0 Å². The molecule has 2 N–H and O–H groups in total. The van der Waals surface area contributed by atoms with Crippen molar-refractivity contribution in [2.24, 2.45) is 4.99 Å². The van der Waals surface area contributed by atoms with Crippen LogP contribution in [-0.4, -0.2) is 30.1 Å². The second kappa shape index (κ2) is 8.25. The molecule has 1 saturated carbocycles. The Hall–Kier alpha value is -1.10. The van der Waals surface area contributed by atoms with Gasteiger partial charge >= 0.3 is 0 Å². The van der Waals surface area contributed by atoms with E-state index in [9.17, 15) is 0 Å². The minimum Gasteiger partial charge on any atom is -0.357 e. The highest BCUT2D eigenvalue weighted by atomic mass is 32.1. The zero-order valence-electron chi connectivity index (χ0n) is 12.6. The number of thiazole rings is 1. The Morgan fingerprint density at radius 2 is 2.20 bits per heavy atom. The van der Waals surface area contributed by atoms with Crippen LogP contribution in [0, 0.1) is 6.92 Å². The lowest BCUT2D eigenvalue weighted by atomic mass is 9.96. The first-order valence-corrected chi connectivity index (χ1v) is 8.61. The van der Waals surface area contributed by atoms with Gasteiger partial charge in [0.1, 0.15) is 0 Å². The van der Waals surface area contributed by atoms with Gasteiger partial charge in [-0.3, -0.25) is 4.99 Å². The quantitative estimate of drug-likeness (QED) is 0.648. The summed E-state index contributed by atoms with van der Waals surface area (Å²) in [7, 11) is 0. The predicted molar refractivity (Wildman–Crippen MR) is 86.5 cm³/mol.